The van der Waals surface area contributed by atoms with Crippen molar-refractivity contribution in [2.45, 2.75) is 75.2 Å². The lowest BCUT2D eigenvalue weighted by Gasteiger charge is -2.47. The van der Waals surface area contributed by atoms with Crippen molar-refractivity contribution in [3.63, 3.8) is 0 Å². The molecule has 5 fully saturated rings. The molecule has 2 aromatic heterocycles. The number of ether oxygens (including phenoxy) is 3. The molecule has 6 aliphatic heterocycles. The number of nitrogens with zero attached hydrogens (tertiary/aromatic N) is 6. The lowest BCUT2D eigenvalue weighted by Crippen LogP contribution is -2.61. The highest BCUT2D eigenvalue weighted by Crippen LogP contribution is 2.49. The van der Waals surface area contributed by atoms with Gasteiger partial charge in [-0.05, 0) is 55.0 Å². The summed E-state index contributed by atoms with van der Waals surface area (Å²) in [4.78, 5) is 17.1. The summed E-state index contributed by atoms with van der Waals surface area (Å²) in [6, 6.07) is 8.84. The topological polar surface area (TPSA) is 113 Å². The second kappa shape index (κ2) is 11.2. The number of likely N-dealkylation sites (tertiary alicyclic amines) is 1. The van der Waals surface area contributed by atoms with Gasteiger partial charge in [-0.2, -0.15) is 15.2 Å². The van der Waals surface area contributed by atoms with Crippen molar-refractivity contribution < 1.29 is 23.0 Å². The molecule has 4 aromatic rings. The number of nitrogen functional groups attached to an aromatic ring is 1. The zero-order chi connectivity index (χ0) is 33.0. The maximum Gasteiger partial charge on any atom is 0.319 e. The molecule has 2 unspecified atom stereocenters. The van der Waals surface area contributed by atoms with Crippen molar-refractivity contribution in [2.75, 3.05) is 56.6 Å². The number of halogens is 2. The van der Waals surface area contributed by atoms with E-state index in [2.05, 4.69) is 20.8 Å². The number of benzene rings is 2. The minimum Gasteiger partial charge on any atom is -0.461 e. The monoisotopic (exact) mass is 685 g/mol. The van der Waals surface area contributed by atoms with E-state index in [-0.39, 0.29) is 36.8 Å². The van der Waals surface area contributed by atoms with Gasteiger partial charge in [-0.3, -0.25) is 9.80 Å². The highest BCUT2D eigenvalue weighted by molar-refractivity contribution is 7.23. The second-order valence-corrected chi connectivity index (χ2v) is 15.7. The molecular weight excluding hydrogens is 649 g/mol. The Kier molecular flexibility index (Phi) is 6.88. The van der Waals surface area contributed by atoms with Crippen LogP contribution in [0.1, 0.15) is 48.8 Å². The Morgan fingerprint density at radius 1 is 1.06 bits per heavy atom. The first kappa shape index (κ1) is 30.2. The Hall–Kier alpha value is -3.67. The Bertz CT molecular complexity index is 2050. The summed E-state index contributed by atoms with van der Waals surface area (Å²) < 4.78 is 51.1. The molecule has 49 heavy (non-hydrogen) atoms. The van der Waals surface area contributed by atoms with Crippen molar-refractivity contribution in [3.8, 4) is 23.2 Å². The maximum absolute atomic E-state index is 17.5. The number of rotatable bonds is 6. The van der Waals surface area contributed by atoms with Crippen LogP contribution in [0.3, 0.4) is 0 Å². The molecule has 10 nitrogen and oxygen atoms in total. The van der Waals surface area contributed by atoms with Crippen LogP contribution < -0.4 is 15.4 Å². The summed E-state index contributed by atoms with van der Waals surface area (Å²) in [6.07, 6.45) is 3.41. The van der Waals surface area contributed by atoms with Crippen LogP contribution in [0.2, 0.25) is 0 Å². The molecule has 6 aliphatic rings. The summed E-state index contributed by atoms with van der Waals surface area (Å²) in [5, 5.41) is 11.8. The first-order chi connectivity index (χ1) is 23.9. The molecule has 2 bridgehead atoms. The van der Waals surface area contributed by atoms with E-state index >= 15 is 4.39 Å². The predicted molar refractivity (Wildman–Crippen MR) is 182 cm³/mol. The van der Waals surface area contributed by atoms with Crippen LogP contribution in [0, 0.1) is 17.1 Å². The van der Waals surface area contributed by atoms with E-state index < -0.39 is 17.5 Å². The number of thiophene rings is 1. The normalized spacial score (nSPS) is 28.3. The number of fused-ring (bicyclic) bond motifs is 7. The van der Waals surface area contributed by atoms with Crippen LogP contribution in [-0.4, -0.2) is 95.6 Å². The number of hydrogen-bond acceptors (Lipinski definition) is 11. The fourth-order valence-electron chi connectivity index (χ4n) is 9.67. The first-order valence-corrected chi connectivity index (χ1v) is 18.2. The molecule has 2 N–H and O–H groups in total. The van der Waals surface area contributed by atoms with E-state index in [1.165, 1.54) is 11.3 Å². The minimum atomic E-state index is -0.889. The molecule has 0 spiro atoms. The maximum atomic E-state index is 17.5. The number of nitriles is 1. The molecule has 8 heterocycles. The van der Waals surface area contributed by atoms with Crippen LogP contribution in [0.4, 0.5) is 19.6 Å². The van der Waals surface area contributed by atoms with Gasteiger partial charge in [0.15, 0.2) is 5.82 Å². The highest BCUT2D eigenvalue weighted by atomic mass is 32.1. The third-order valence-corrected chi connectivity index (χ3v) is 13.0. The number of alkyl halides is 1. The summed E-state index contributed by atoms with van der Waals surface area (Å²) in [5.41, 5.74) is 9.02. The summed E-state index contributed by atoms with van der Waals surface area (Å²) in [6.45, 7) is 5.36. The highest BCUT2D eigenvalue weighted by Gasteiger charge is 2.50. The summed E-state index contributed by atoms with van der Waals surface area (Å²) in [5.74, 6) is 0.201. The Labute approximate surface area is 286 Å². The van der Waals surface area contributed by atoms with Gasteiger partial charge in [-0.15, -0.1) is 11.3 Å². The number of piperazine rings is 1. The molecule has 0 aliphatic carbocycles. The number of anilines is 2. The third kappa shape index (κ3) is 4.47. The van der Waals surface area contributed by atoms with E-state index in [0.717, 1.165) is 74.4 Å². The lowest BCUT2D eigenvalue weighted by molar-refractivity contribution is -0.0705. The fourth-order valence-corrected chi connectivity index (χ4v) is 10.6. The quantitative estimate of drug-likeness (QED) is 0.293. The van der Waals surface area contributed by atoms with E-state index in [1.54, 1.807) is 0 Å². The van der Waals surface area contributed by atoms with Gasteiger partial charge >= 0.3 is 6.01 Å². The molecular formula is C36H37F2N7O3S. The Morgan fingerprint density at radius 2 is 1.88 bits per heavy atom. The lowest BCUT2D eigenvalue weighted by atomic mass is 9.90. The van der Waals surface area contributed by atoms with E-state index in [1.807, 2.05) is 18.2 Å². The average Bonchev–Trinajstić information content (AvgIpc) is 3.87. The van der Waals surface area contributed by atoms with Crippen LogP contribution in [0.25, 0.3) is 32.1 Å². The van der Waals surface area contributed by atoms with Gasteiger partial charge in [0.25, 0.3) is 0 Å². The third-order valence-electron chi connectivity index (χ3n) is 12.0. The van der Waals surface area contributed by atoms with Gasteiger partial charge in [-0.1, -0.05) is 12.1 Å². The van der Waals surface area contributed by atoms with Crippen molar-refractivity contribution in [3.05, 3.63) is 40.7 Å². The van der Waals surface area contributed by atoms with Crippen LogP contribution in [-0.2, 0) is 22.7 Å². The number of nitrogens with two attached hydrogens (primary N) is 1. The molecule has 2 aromatic carbocycles. The molecule has 254 valence electrons. The van der Waals surface area contributed by atoms with Crippen molar-refractivity contribution >= 4 is 43.1 Å². The zero-order valence-electron chi connectivity index (χ0n) is 27.1. The van der Waals surface area contributed by atoms with Crippen molar-refractivity contribution in [2.24, 2.45) is 0 Å². The standard InChI is InChI=1S/C36H37F2N7O3S/c37-19-9-36(7-2-8-44(36)11-19)18-48-35-41-32-30(34(42-35)45-20-5-6-21(45)13-43(12-20)22-14-46-15-22)26-17-47-16-25(26)29(31(32)38)23-3-1-4-27-28(23)24(10-39)33(40)49-27/h1,3-4,19-22H,2,5-9,11-18,40H2/t19-,20?,21?,36+/m1/s1. The SMILES string of the molecule is N#Cc1c(N)sc2cccc(-c3c4c(c5c(N6C7CCC6CN(C6COC6)C7)nc(OC[C@@]67CCCN6C[C@H](F)C7)nc5c3F)COC4)c12. The summed E-state index contributed by atoms with van der Waals surface area (Å²) in [7, 11) is 0. The van der Waals surface area contributed by atoms with Crippen molar-refractivity contribution in [1.29, 1.82) is 5.26 Å². The van der Waals surface area contributed by atoms with E-state index in [0.29, 0.717) is 63.9 Å². The van der Waals surface area contributed by atoms with E-state index in [9.17, 15) is 9.65 Å². The fraction of sp³-hybridized carbons (Fsp3) is 0.528. The molecule has 0 saturated carbocycles. The number of aromatic nitrogens is 2. The zero-order valence-corrected chi connectivity index (χ0v) is 27.9. The van der Waals surface area contributed by atoms with Crippen molar-refractivity contribution in [1.82, 2.24) is 19.8 Å². The average molecular weight is 686 g/mol. The Morgan fingerprint density at radius 3 is 2.65 bits per heavy atom. The van der Waals surface area contributed by atoms with Gasteiger partial charge in [0.05, 0.1) is 49.0 Å². The molecule has 0 radical (unpaired) electrons. The molecule has 4 atom stereocenters. The second-order valence-electron chi connectivity index (χ2n) is 14.6. The molecule has 13 heteroatoms. The molecule has 10 rings (SSSR count). The van der Waals surface area contributed by atoms with Gasteiger partial charge in [0, 0.05) is 53.8 Å². The van der Waals surface area contributed by atoms with Crippen LogP contribution in [0.5, 0.6) is 6.01 Å². The first-order valence-electron chi connectivity index (χ1n) is 17.4. The predicted octanol–water partition coefficient (Wildman–Crippen LogP) is 5.14. The van der Waals surface area contributed by atoms with E-state index in [4.69, 9.17) is 29.9 Å². The van der Waals surface area contributed by atoms with Gasteiger partial charge in [0.1, 0.15) is 35.2 Å². The molecule has 5 saturated heterocycles. The number of hydrogen-bond donors (Lipinski definition) is 1. The minimum absolute atomic E-state index is 0.111. The van der Waals surface area contributed by atoms with Crippen LogP contribution >= 0.6 is 11.3 Å². The molecule has 0 amide bonds. The Balaban J connectivity index is 1.16. The summed E-state index contributed by atoms with van der Waals surface area (Å²) >= 11 is 1.33. The van der Waals surface area contributed by atoms with Gasteiger partial charge in [0.2, 0.25) is 0 Å². The van der Waals surface area contributed by atoms with Crippen LogP contribution in [0.15, 0.2) is 18.2 Å². The van der Waals surface area contributed by atoms with Gasteiger partial charge < -0.3 is 24.8 Å². The van der Waals surface area contributed by atoms with Gasteiger partial charge in [-0.25, -0.2) is 8.78 Å². The largest absolute Gasteiger partial charge is 0.461 e. The smallest absolute Gasteiger partial charge is 0.319 e.